The van der Waals surface area contributed by atoms with E-state index in [-0.39, 0.29) is 12.8 Å². The van der Waals surface area contributed by atoms with Crippen molar-refractivity contribution >= 4 is 11.9 Å². The monoisotopic (exact) mass is 428 g/mol. The molecule has 0 aromatic carbocycles. The number of nitrogens with zero attached hydrogens (tertiary/aromatic N) is 2. The minimum absolute atomic E-state index is 0.296. The van der Waals surface area contributed by atoms with E-state index in [4.69, 9.17) is 10.2 Å². The largest absolute Gasteiger partial charge is 0.481 e. The molecule has 2 N–H and O–H groups in total. The van der Waals surface area contributed by atoms with Crippen LogP contribution in [0.5, 0.6) is 0 Å². The van der Waals surface area contributed by atoms with Crippen LogP contribution in [0.3, 0.4) is 0 Å². The molecule has 2 fully saturated rings. The van der Waals surface area contributed by atoms with E-state index in [0.717, 1.165) is 12.1 Å². The van der Waals surface area contributed by atoms with Gasteiger partial charge in [-0.1, -0.05) is 66.2 Å². The van der Waals surface area contributed by atoms with Crippen LogP contribution in [0.25, 0.3) is 0 Å². The molecule has 178 valence electrons. The van der Waals surface area contributed by atoms with Crippen molar-refractivity contribution in [1.29, 1.82) is 0 Å². The van der Waals surface area contributed by atoms with Crippen molar-refractivity contribution in [2.75, 3.05) is 26.2 Å². The highest BCUT2D eigenvalue weighted by molar-refractivity contribution is 5.75. The second-order valence-corrected chi connectivity index (χ2v) is 8.31. The van der Waals surface area contributed by atoms with Crippen molar-refractivity contribution in [2.24, 2.45) is 0 Å². The molecule has 2 rings (SSSR count). The van der Waals surface area contributed by atoms with Crippen LogP contribution < -0.4 is 0 Å². The third-order valence-electron chi connectivity index (χ3n) is 6.36. The molecule has 0 atom stereocenters. The Bertz CT molecular complexity index is 385. The first-order valence-corrected chi connectivity index (χ1v) is 12.3. The summed E-state index contributed by atoms with van der Waals surface area (Å²) >= 11 is 0. The summed E-state index contributed by atoms with van der Waals surface area (Å²) in [5, 5.41) is 15.8. The van der Waals surface area contributed by atoms with E-state index in [1.165, 1.54) is 90.4 Å². The number of hydrogen-bond donors (Lipinski definition) is 2. The fourth-order valence-electron chi connectivity index (χ4n) is 4.59. The summed E-state index contributed by atoms with van der Waals surface area (Å²) in [5.41, 5.74) is 0. The number of aliphatic carboxylic acids is 2. The maximum absolute atomic E-state index is 9.64. The Morgan fingerprint density at radius 3 is 1.07 bits per heavy atom. The van der Waals surface area contributed by atoms with Crippen molar-refractivity contribution in [2.45, 2.75) is 117 Å². The maximum Gasteiger partial charge on any atom is 0.303 e. The average Bonchev–Trinajstić information content (AvgIpc) is 2.76. The Morgan fingerprint density at radius 1 is 0.600 bits per heavy atom. The van der Waals surface area contributed by atoms with Crippen LogP contribution >= 0.6 is 0 Å². The quantitative estimate of drug-likeness (QED) is 0.521. The van der Waals surface area contributed by atoms with Gasteiger partial charge in [-0.3, -0.25) is 9.59 Å². The molecule has 2 aliphatic carbocycles. The smallest absolute Gasteiger partial charge is 0.303 e. The third-order valence-corrected chi connectivity index (χ3v) is 6.36. The number of carbonyl (C=O) groups is 2. The number of rotatable bonds is 9. The average molecular weight is 429 g/mol. The third kappa shape index (κ3) is 14.0. The summed E-state index contributed by atoms with van der Waals surface area (Å²) in [6, 6.07) is 1.83. The van der Waals surface area contributed by atoms with Crippen LogP contribution in [0, 0.1) is 0 Å². The van der Waals surface area contributed by atoms with Crippen molar-refractivity contribution in [3.8, 4) is 0 Å². The molecule has 0 heterocycles. The fraction of sp³-hybridized carbons (Fsp3) is 0.917. The summed E-state index contributed by atoms with van der Waals surface area (Å²) < 4.78 is 0. The summed E-state index contributed by atoms with van der Waals surface area (Å²) in [6.45, 7) is 14.1. The minimum Gasteiger partial charge on any atom is -0.481 e. The first-order chi connectivity index (χ1) is 14.4. The van der Waals surface area contributed by atoms with E-state index in [1.807, 2.05) is 0 Å². The second-order valence-electron chi connectivity index (χ2n) is 8.31. The lowest BCUT2D eigenvalue weighted by Gasteiger charge is -2.32. The van der Waals surface area contributed by atoms with E-state index in [9.17, 15) is 9.59 Å². The zero-order valence-corrected chi connectivity index (χ0v) is 20.1. The standard InChI is InChI=1S/2C10H21N.C4H6O4/c2*1-3-11(4-2)10-8-6-5-7-9-10;5-3(6)1-2-4(7)8/h2*10H,3-9H2,1-2H3;1-2H2,(H,5,6)(H,7,8). The van der Waals surface area contributed by atoms with Crippen molar-refractivity contribution in [3.05, 3.63) is 0 Å². The molecule has 0 radical (unpaired) electrons. The van der Waals surface area contributed by atoms with E-state index >= 15 is 0 Å². The van der Waals surface area contributed by atoms with Crippen LogP contribution in [0.4, 0.5) is 0 Å². The topological polar surface area (TPSA) is 81.1 Å². The van der Waals surface area contributed by atoms with E-state index in [2.05, 4.69) is 37.5 Å². The maximum atomic E-state index is 9.64. The lowest BCUT2D eigenvalue weighted by atomic mass is 9.94. The van der Waals surface area contributed by atoms with Gasteiger partial charge in [-0.15, -0.1) is 0 Å². The van der Waals surface area contributed by atoms with Gasteiger partial charge in [0.25, 0.3) is 0 Å². The van der Waals surface area contributed by atoms with Crippen LogP contribution in [0.2, 0.25) is 0 Å². The Hall–Kier alpha value is -1.14. The molecule has 0 saturated heterocycles. The number of carboxylic acid groups (broad SMARTS) is 2. The normalized spacial score (nSPS) is 17.7. The fourth-order valence-corrected chi connectivity index (χ4v) is 4.59. The Balaban J connectivity index is 0.000000428. The number of hydrogen-bond acceptors (Lipinski definition) is 4. The Labute approximate surface area is 185 Å². The van der Waals surface area contributed by atoms with Gasteiger partial charge in [-0.05, 0) is 51.9 Å². The summed E-state index contributed by atoms with van der Waals surface area (Å²) in [4.78, 5) is 24.5. The molecule has 6 nitrogen and oxygen atoms in total. The highest BCUT2D eigenvalue weighted by atomic mass is 16.4. The van der Waals surface area contributed by atoms with E-state index in [0.29, 0.717) is 0 Å². The molecule has 0 aliphatic heterocycles. The molecular weight excluding hydrogens is 380 g/mol. The number of carboxylic acids is 2. The second kappa shape index (κ2) is 18.6. The van der Waals surface area contributed by atoms with Crippen LogP contribution in [-0.2, 0) is 9.59 Å². The molecule has 2 aliphatic rings. The molecule has 30 heavy (non-hydrogen) atoms. The first-order valence-electron chi connectivity index (χ1n) is 12.3. The molecule has 2 saturated carbocycles. The molecule has 0 unspecified atom stereocenters. The lowest BCUT2D eigenvalue weighted by Crippen LogP contribution is -2.36. The van der Waals surface area contributed by atoms with Crippen molar-refractivity contribution in [1.82, 2.24) is 9.80 Å². The van der Waals surface area contributed by atoms with E-state index < -0.39 is 11.9 Å². The SMILES string of the molecule is CCN(CC)C1CCCCC1.CCN(CC)C1CCCCC1.O=C(O)CCC(=O)O. The Kier molecular flexibility index (Phi) is 17.9. The van der Waals surface area contributed by atoms with Gasteiger partial charge in [-0.2, -0.15) is 0 Å². The molecule has 0 aromatic heterocycles. The Morgan fingerprint density at radius 2 is 0.867 bits per heavy atom. The van der Waals surface area contributed by atoms with Gasteiger partial charge in [0.1, 0.15) is 0 Å². The molecular formula is C24H48N2O4. The van der Waals surface area contributed by atoms with Crippen LogP contribution in [0.1, 0.15) is 105 Å². The van der Waals surface area contributed by atoms with Crippen LogP contribution in [0.15, 0.2) is 0 Å². The summed E-state index contributed by atoms with van der Waals surface area (Å²) in [7, 11) is 0. The highest BCUT2D eigenvalue weighted by Gasteiger charge is 2.18. The predicted octanol–water partition coefficient (Wildman–Crippen LogP) is 5.26. The molecule has 0 bridgehead atoms. The zero-order valence-electron chi connectivity index (χ0n) is 20.1. The molecule has 0 amide bonds. The van der Waals surface area contributed by atoms with Gasteiger partial charge in [0.15, 0.2) is 0 Å². The van der Waals surface area contributed by atoms with Crippen LogP contribution in [-0.4, -0.2) is 70.2 Å². The van der Waals surface area contributed by atoms with Gasteiger partial charge >= 0.3 is 11.9 Å². The highest BCUT2D eigenvalue weighted by Crippen LogP contribution is 2.22. The zero-order chi connectivity index (χ0) is 22.8. The van der Waals surface area contributed by atoms with Gasteiger partial charge in [-0.25, -0.2) is 0 Å². The van der Waals surface area contributed by atoms with Crippen molar-refractivity contribution in [3.63, 3.8) is 0 Å². The van der Waals surface area contributed by atoms with Gasteiger partial charge in [0.2, 0.25) is 0 Å². The van der Waals surface area contributed by atoms with E-state index in [1.54, 1.807) is 0 Å². The van der Waals surface area contributed by atoms with Gasteiger partial charge in [0.05, 0.1) is 12.8 Å². The lowest BCUT2D eigenvalue weighted by molar-refractivity contribution is -0.143. The summed E-state index contributed by atoms with van der Waals surface area (Å²) in [5.74, 6) is -2.15. The molecule has 0 aromatic rings. The predicted molar refractivity (Wildman–Crippen MR) is 124 cm³/mol. The van der Waals surface area contributed by atoms with Crippen molar-refractivity contribution < 1.29 is 19.8 Å². The molecule has 6 heteroatoms. The first kappa shape index (κ1) is 28.9. The van der Waals surface area contributed by atoms with Gasteiger partial charge < -0.3 is 20.0 Å². The summed E-state index contributed by atoms with van der Waals surface area (Å²) in [6.07, 6.45) is 14.0. The minimum atomic E-state index is -1.08. The van der Waals surface area contributed by atoms with Gasteiger partial charge in [0, 0.05) is 12.1 Å². The molecule has 0 spiro atoms.